The topological polar surface area (TPSA) is 66.8 Å². The molecule has 2 N–H and O–H groups in total. The monoisotopic (exact) mass is 552 g/mol. The molecule has 5 heteroatoms. The largest absolute Gasteiger partial charge is 0.507 e. The number of phenols is 1. The van der Waals surface area contributed by atoms with E-state index in [-0.39, 0.29) is 11.3 Å². The third-order valence-electron chi connectivity index (χ3n) is 8.77. The standard InChI is InChI=1S/C36H37FO4/c1-5-36(37)14-12-25(13-15-36)16-26-17-29-19-28(34-23(3)22(2)21-41-24(34)4)8-6-7-9-30(29)32(18-26)27-10-11-31(35(39)40)33(38)20-27/h5,7-8,10-11,17-20,25,38H,1,6,12-16,21H2,2-4H3,(H,39,40). The molecule has 212 valence electrons. The molecule has 1 aliphatic heterocycles. The van der Waals surface area contributed by atoms with Crippen LogP contribution in [-0.2, 0) is 11.2 Å². The molecule has 0 spiro atoms. The highest BCUT2D eigenvalue weighted by atomic mass is 19.1. The maximum atomic E-state index is 14.8. The number of alkyl halides is 1. The molecule has 2 aromatic carbocycles. The fourth-order valence-corrected chi connectivity index (χ4v) is 6.17. The number of allylic oxidation sites excluding steroid dienone is 7. The van der Waals surface area contributed by atoms with Crippen LogP contribution in [-0.4, -0.2) is 28.5 Å². The van der Waals surface area contributed by atoms with Gasteiger partial charge in [-0.05, 0) is 134 Å². The van der Waals surface area contributed by atoms with Gasteiger partial charge < -0.3 is 14.9 Å². The number of aromatic hydroxyl groups is 1. The van der Waals surface area contributed by atoms with E-state index >= 15 is 0 Å². The number of rotatable bonds is 6. The summed E-state index contributed by atoms with van der Waals surface area (Å²) in [6.07, 6.45) is 11.9. The van der Waals surface area contributed by atoms with Crippen LogP contribution in [0.15, 0.2) is 83.2 Å². The molecule has 4 nitrogen and oxygen atoms in total. The van der Waals surface area contributed by atoms with Gasteiger partial charge in [-0.2, -0.15) is 0 Å². The quantitative estimate of drug-likeness (QED) is 0.376. The predicted octanol–water partition coefficient (Wildman–Crippen LogP) is 7.07. The van der Waals surface area contributed by atoms with Crippen molar-refractivity contribution in [1.82, 2.24) is 0 Å². The van der Waals surface area contributed by atoms with Crippen molar-refractivity contribution in [3.05, 3.63) is 105 Å². The summed E-state index contributed by atoms with van der Waals surface area (Å²) in [4.78, 5) is 11.6. The minimum Gasteiger partial charge on any atom is -0.507 e. The fraction of sp³-hybridized carbons (Fsp3) is 0.333. The summed E-state index contributed by atoms with van der Waals surface area (Å²) in [5, 5.41) is 21.8. The van der Waals surface area contributed by atoms with Gasteiger partial charge >= 0.3 is 5.97 Å². The minimum absolute atomic E-state index is 0.138. The first kappa shape index (κ1) is 28.4. The SMILES string of the molecule is C=CC1(F)CCC(Cc2cc(-c3ccc(C(=O)O)c(O)c3)c3c(c2)=CC(C2=C(C)OCC(C)=C2C)=CCC=C=3)CC1. The lowest BCUT2D eigenvalue weighted by Crippen LogP contribution is -2.30. The van der Waals surface area contributed by atoms with E-state index in [1.165, 1.54) is 29.4 Å². The van der Waals surface area contributed by atoms with Crippen molar-refractivity contribution in [2.75, 3.05) is 6.61 Å². The van der Waals surface area contributed by atoms with Crippen LogP contribution in [0.3, 0.4) is 0 Å². The van der Waals surface area contributed by atoms with Gasteiger partial charge in [0.25, 0.3) is 0 Å². The number of halogens is 1. The van der Waals surface area contributed by atoms with Crippen molar-refractivity contribution < 1.29 is 24.1 Å². The van der Waals surface area contributed by atoms with Gasteiger partial charge in [0.1, 0.15) is 29.3 Å². The Kier molecular flexibility index (Phi) is 7.93. The van der Waals surface area contributed by atoms with Gasteiger partial charge in [-0.3, -0.25) is 0 Å². The maximum absolute atomic E-state index is 14.8. The molecule has 2 aliphatic carbocycles. The summed E-state index contributed by atoms with van der Waals surface area (Å²) in [5.41, 5.74) is 9.36. The normalized spacial score (nSPS) is 22.4. The number of carboxylic acid groups (broad SMARTS) is 1. The van der Waals surface area contributed by atoms with E-state index in [0.717, 1.165) is 57.7 Å². The highest BCUT2D eigenvalue weighted by molar-refractivity contribution is 5.91. The summed E-state index contributed by atoms with van der Waals surface area (Å²) in [7, 11) is 0. The summed E-state index contributed by atoms with van der Waals surface area (Å²) in [5.74, 6) is -0.207. The molecule has 0 amide bonds. The lowest BCUT2D eigenvalue weighted by molar-refractivity contribution is 0.0693. The number of fused-ring (bicyclic) bond motifs is 1. The molecule has 1 fully saturated rings. The van der Waals surface area contributed by atoms with E-state index in [9.17, 15) is 19.4 Å². The zero-order chi connectivity index (χ0) is 29.3. The summed E-state index contributed by atoms with van der Waals surface area (Å²) >= 11 is 0. The number of hydrogen-bond acceptors (Lipinski definition) is 3. The average molecular weight is 553 g/mol. The molecule has 0 bridgehead atoms. The van der Waals surface area contributed by atoms with Crippen LogP contribution in [0.2, 0.25) is 0 Å². The van der Waals surface area contributed by atoms with Crippen molar-refractivity contribution in [2.45, 2.75) is 65.0 Å². The van der Waals surface area contributed by atoms with Gasteiger partial charge in [-0.1, -0.05) is 30.9 Å². The molecule has 5 rings (SSSR count). The lowest BCUT2D eigenvalue weighted by Gasteiger charge is -2.31. The molecular weight excluding hydrogens is 515 g/mol. The lowest BCUT2D eigenvalue weighted by atomic mass is 9.77. The smallest absolute Gasteiger partial charge is 0.339 e. The van der Waals surface area contributed by atoms with Crippen molar-refractivity contribution in [2.24, 2.45) is 5.92 Å². The predicted molar refractivity (Wildman–Crippen MR) is 162 cm³/mol. The van der Waals surface area contributed by atoms with Gasteiger partial charge in [-0.25, -0.2) is 9.18 Å². The van der Waals surface area contributed by atoms with Crippen LogP contribution in [0.5, 0.6) is 5.75 Å². The van der Waals surface area contributed by atoms with E-state index in [0.29, 0.717) is 37.4 Å². The van der Waals surface area contributed by atoms with Crippen LogP contribution < -0.4 is 10.4 Å². The molecule has 41 heavy (non-hydrogen) atoms. The fourth-order valence-electron chi connectivity index (χ4n) is 6.17. The molecule has 0 atom stereocenters. The maximum Gasteiger partial charge on any atom is 0.339 e. The van der Waals surface area contributed by atoms with Crippen LogP contribution in [0.4, 0.5) is 4.39 Å². The molecule has 2 aromatic rings. The first-order valence-corrected chi connectivity index (χ1v) is 14.3. The second-order valence-electron chi connectivity index (χ2n) is 11.5. The number of aromatic carboxylic acids is 1. The number of ether oxygens (including phenoxy) is 1. The van der Waals surface area contributed by atoms with Crippen LogP contribution in [0.25, 0.3) is 22.9 Å². The number of hydrogen-bond donors (Lipinski definition) is 2. The third kappa shape index (κ3) is 5.87. The van der Waals surface area contributed by atoms with Gasteiger partial charge in [0.05, 0.1) is 0 Å². The zero-order valence-corrected chi connectivity index (χ0v) is 24.0. The third-order valence-corrected chi connectivity index (χ3v) is 8.77. The highest BCUT2D eigenvalue weighted by Crippen LogP contribution is 2.37. The number of carboxylic acids is 1. The first-order valence-electron chi connectivity index (χ1n) is 14.3. The Balaban J connectivity index is 1.67. The van der Waals surface area contributed by atoms with E-state index in [1.54, 1.807) is 6.07 Å². The zero-order valence-electron chi connectivity index (χ0n) is 24.0. The molecule has 0 aromatic heterocycles. The summed E-state index contributed by atoms with van der Waals surface area (Å²) in [6.45, 7) is 10.5. The van der Waals surface area contributed by atoms with Gasteiger partial charge in [-0.15, -0.1) is 5.73 Å². The first-order chi connectivity index (χ1) is 19.6. The van der Waals surface area contributed by atoms with Crippen LogP contribution >= 0.6 is 0 Å². The molecule has 0 saturated heterocycles. The van der Waals surface area contributed by atoms with E-state index < -0.39 is 11.6 Å². The molecule has 3 aliphatic rings. The van der Waals surface area contributed by atoms with Crippen molar-refractivity contribution in [3.63, 3.8) is 0 Å². The molecule has 0 unspecified atom stereocenters. The summed E-state index contributed by atoms with van der Waals surface area (Å²) < 4.78 is 20.8. The Morgan fingerprint density at radius 2 is 1.95 bits per heavy atom. The van der Waals surface area contributed by atoms with Crippen molar-refractivity contribution in [1.29, 1.82) is 0 Å². The van der Waals surface area contributed by atoms with Gasteiger partial charge in [0.15, 0.2) is 0 Å². The Labute approximate surface area is 240 Å². The van der Waals surface area contributed by atoms with E-state index in [1.807, 2.05) is 13.0 Å². The number of carbonyl (C=O) groups is 1. The van der Waals surface area contributed by atoms with Gasteiger partial charge in [0, 0.05) is 10.8 Å². The number of benzene rings is 2. The van der Waals surface area contributed by atoms with E-state index in [4.69, 9.17) is 4.74 Å². The molecule has 0 radical (unpaired) electrons. The van der Waals surface area contributed by atoms with Crippen LogP contribution in [0.1, 0.15) is 68.8 Å². The molecular formula is C36H37FO4. The summed E-state index contributed by atoms with van der Waals surface area (Å²) in [6, 6.07) is 9.00. The minimum atomic E-state index is -1.28. The van der Waals surface area contributed by atoms with Gasteiger partial charge in [0.2, 0.25) is 0 Å². The Bertz CT molecular complexity index is 1670. The Morgan fingerprint density at radius 3 is 2.63 bits per heavy atom. The Morgan fingerprint density at radius 1 is 1.20 bits per heavy atom. The second-order valence-corrected chi connectivity index (χ2v) is 11.5. The molecule has 1 saturated carbocycles. The van der Waals surface area contributed by atoms with Crippen molar-refractivity contribution >= 4 is 17.8 Å². The van der Waals surface area contributed by atoms with Crippen LogP contribution in [0, 0.1) is 5.92 Å². The van der Waals surface area contributed by atoms with E-state index in [2.05, 4.69) is 50.4 Å². The average Bonchev–Trinajstić information content (AvgIpc) is 2.93. The van der Waals surface area contributed by atoms with Crippen molar-refractivity contribution in [3.8, 4) is 16.9 Å². The second kappa shape index (κ2) is 11.4. The highest BCUT2D eigenvalue weighted by Gasteiger charge is 2.32. The Hall–Kier alpha value is -4.08. The molecule has 1 heterocycles.